The summed E-state index contributed by atoms with van der Waals surface area (Å²) in [5, 5.41) is 2.83. The highest BCUT2D eigenvalue weighted by Gasteiger charge is 2.27. The molecule has 7 heteroatoms. The first-order chi connectivity index (χ1) is 12.4. The number of nitrogens with one attached hydrogen (secondary N) is 1. The number of hydrogen-bond acceptors (Lipinski definition) is 5. The number of carbonyl (C=O) groups excluding carboxylic acids is 3. The Labute approximate surface area is 154 Å². The topological polar surface area (TPSA) is 79.0 Å². The van der Waals surface area contributed by atoms with E-state index in [9.17, 15) is 14.4 Å². The minimum absolute atomic E-state index is 0.0822. The lowest BCUT2D eigenvalue weighted by Crippen LogP contribution is -2.43. The van der Waals surface area contributed by atoms with E-state index < -0.39 is 0 Å². The Morgan fingerprint density at radius 3 is 2.54 bits per heavy atom. The Hall–Kier alpha value is -2.41. The molecule has 1 atom stereocenters. The van der Waals surface area contributed by atoms with E-state index in [2.05, 4.69) is 5.32 Å². The molecule has 1 saturated heterocycles. The average Bonchev–Trinajstić information content (AvgIpc) is 2.62. The van der Waals surface area contributed by atoms with Gasteiger partial charge in [-0.15, -0.1) is 0 Å². The van der Waals surface area contributed by atoms with Crippen LogP contribution in [0.25, 0.3) is 0 Å². The van der Waals surface area contributed by atoms with E-state index in [1.165, 1.54) is 4.90 Å². The molecular formula is C19H27N3O4. The fraction of sp³-hybridized carbons (Fsp3) is 0.526. The van der Waals surface area contributed by atoms with Crippen molar-refractivity contribution in [1.29, 1.82) is 0 Å². The molecule has 1 aliphatic heterocycles. The molecule has 142 valence electrons. The number of esters is 1. The van der Waals surface area contributed by atoms with Crippen molar-refractivity contribution in [2.24, 2.45) is 5.92 Å². The molecule has 1 fully saturated rings. The SMILES string of the molecule is CCOC(=O)[C@H]1CCCN(CC(=O)Nc2ccc(C(=O)N(C)C)cc2)C1. The zero-order valence-corrected chi connectivity index (χ0v) is 15.7. The fourth-order valence-electron chi connectivity index (χ4n) is 3.01. The van der Waals surface area contributed by atoms with Gasteiger partial charge in [0.2, 0.25) is 5.91 Å². The molecule has 1 aromatic carbocycles. The molecule has 0 spiro atoms. The number of rotatable bonds is 6. The van der Waals surface area contributed by atoms with E-state index in [0.29, 0.717) is 24.4 Å². The molecule has 2 rings (SSSR count). The predicted molar refractivity (Wildman–Crippen MR) is 98.9 cm³/mol. The molecule has 7 nitrogen and oxygen atoms in total. The summed E-state index contributed by atoms with van der Waals surface area (Å²) in [5.41, 5.74) is 1.21. The second-order valence-corrected chi connectivity index (χ2v) is 6.65. The van der Waals surface area contributed by atoms with Gasteiger partial charge in [0.15, 0.2) is 0 Å². The number of likely N-dealkylation sites (tertiary alicyclic amines) is 1. The van der Waals surface area contributed by atoms with Gasteiger partial charge >= 0.3 is 5.97 Å². The zero-order valence-electron chi connectivity index (χ0n) is 15.7. The molecule has 0 unspecified atom stereocenters. The molecule has 1 aromatic rings. The summed E-state index contributed by atoms with van der Waals surface area (Å²) in [6.45, 7) is 3.74. The van der Waals surface area contributed by atoms with Gasteiger partial charge in [0, 0.05) is 31.9 Å². The summed E-state index contributed by atoms with van der Waals surface area (Å²) in [5.74, 6) is -0.561. The number of piperidine rings is 1. The highest BCUT2D eigenvalue weighted by molar-refractivity contribution is 5.96. The van der Waals surface area contributed by atoms with E-state index in [4.69, 9.17) is 4.74 Å². The van der Waals surface area contributed by atoms with Gasteiger partial charge in [0.05, 0.1) is 19.1 Å². The van der Waals surface area contributed by atoms with Crippen LogP contribution >= 0.6 is 0 Å². The highest BCUT2D eigenvalue weighted by Crippen LogP contribution is 2.18. The lowest BCUT2D eigenvalue weighted by Gasteiger charge is -2.30. The van der Waals surface area contributed by atoms with Gasteiger partial charge in [-0.2, -0.15) is 0 Å². The summed E-state index contributed by atoms with van der Waals surface area (Å²) in [6.07, 6.45) is 1.68. The third-order valence-corrected chi connectivity index (χ3v) is 4.31. The van der Waals surface area contributed by atoms with Gasteiger partial charge in [-0.05, 0) is 50.6 Å². The normalized spacial score (nSPS) is 17.4. The van der Waals surface area contributed by atoms with Crippen LogP contribution in [-0.4, -0.2) is 67.9 Å². The van der Waals surface area contributed by atoms with Gasteiger partial charge in [0.1, 0.15) is 0 Å². The summed E-state index contributed by atoms with van der Waals surface area (Å²) in [6, 6.07) is 6.81. The molecule has 0 aromatic heterocycles. The minimum atomic E-state index is -0.182. The van der Waals surface area contributed by atoms with Crippen molar-refractivity contribution in [2.75, 3.05) is 45.7 Å². The number of anilines is 1. The first-order valence-electron chi connectivity index (χ1n) is 8.91. The smallest absolute Gasteiger partial charge is 0.310 e. The molecule has 26 heavy (non-hydrogen) atoms. The second-order valence-electron chi connectivity index (χ2n) is 6.65. The molecule has 0 bridgehead atoms. The number of nitrogens with zero attached hydrogens (tertiary/aromatic N) is 2. The van der Waals surface area contributed by atoms with Crippen LogP contribution < -0.4 is 5.32 Å². The Balaban J connectivity index is 1.86. The van der Waals surface area contributed by atoms with Crippen molar-refractivity contribution in [3.63, 3.8) is 0 Å². The average molecular weight is 361 g/mol. The summed E-state index contributed by atoms with van der Waals surface area (Å²) >= 11 is 0. The molecule has 0 radical (unpaired) electrons. The molecular weight excluding hydrogens is 334 g/mol. The number of carbonyl (C=O) groups is 3. The van der Waals surface area contributed by atoms with E-state index in [1.807, 2.05) is 4.90 Å². The Bertz CT molecular complexity index is 643. The minimum Gasteiger partial charge on any atom is -0.466 e. The van der Waals surface area contributed by atoms with E-state index >= 15 is 0 Å². The maximum atomic E-state index is 12.3. The molecule has 1 heterocycles. The monoisotopic (exact) mass is 361 g/mol. The lowest BCUT2D eigenvalue weighted by atomic mass is 9.98. The van der Waals surface area contributed by atoms with Gasteiger partial charge in [-0.1, -0.05) is 0 Å². The van der Waals surface area contributed by atoms with Crippen molar-refractivity contribution in [2.45, 2.75) is 19.8 Å². The van der Waals surface area contributed by atoms with Crippen LogP contribution in [-0.2, 0) is 14.3 Å². The van der Waals surface area contributed by atoms with Crippen LogP contribution in [0.2, 0.25) is 0 Å². The largest absolute Gasteiger partial charge is 0.466 e. The third-order valence-electron chi connectivity index (χ3n) is 4.31. The summed E-state index contributed by atoms with van der Waals surface area (Å²) in [4.78, 5) is 39.5. The standard InChI is InChI=1S/C19H27N3O4/c1-4-26-19(25)15-6-5-11-22(12-15)13-17(23)20-16-9-7-14(8-10-16)18(24)21(2)3/h7-10,15H,4-6,11-13H2,1-3H3,(H,20,23)/t15-/m0/s1. The van der Waals surface area contributed by atoms with Crippen molar-refractivity contribution < 1.29 is 19.1 Å². The van der Waals surface area contributed by atoms with E-state index in [1.54, 1.807) is 45.3 Å². The van der Waals surface area contributed by atoms with Gasteiger partial charge in [0.25, 0.3) is 5.91 Å². The number of ether oxygens (including phenoxy) is 1. The molecule has 2 amide bonds. The van der Waals surface area contributed by atoms with Crippen LogP contribution in [0.15, 0.2) is 24.3 Å². The lowest BCUT2D eigenvalue weighted by molar-refractivity contribution is -0.150. The quantitative estimate of drug-likeness (QED) is 0.779. The number of amides is 2. The fourth-order valence-corrected chi connectivity index (χ4v) is 3.01. The first kappa shape index (κ1) is 19.9. The van der Waals surface area contributed by atoms with Crippen molar-refractivity contribution in [3.05, 3.63) is 29.8 Å². The van der Waals surface area contributed by atoms with Crippen LogP contribution in [0.5, 0.6) is 0 Å². The van der Waals surface area contributed by atoms with E-state index in [0.717, 1.165) is 19.4 Å². The van der Waals surface area contributed by atoms with Crippen LogP contribution in [0.1, 0.15) is 30.1 Å². The van der Waals surface area contributed by atoms with Crippen LogP contribution in [0, 0.1) is 5.92 Å². The zero-order chi connectivity index (χ0) is 19.1. The highest BCUT2D eigenvalue weighted by atomic mass is 16.5. The Kier molecular flexibility index (Phi) is 7.15. The number of hydrogen-bond donors (Lipinski definition) is 1. The molecule has 0 saturated carbocycles. The second kappa shape index (κ2) is 9.33. The maximum Gasteiger partial charge on any atom is 0.310 e. The molecule has 0 aliphatic carbocycles. The predicted octanol–water partition coefficient (Wildman–Crippen LogP) is 1.60. The van der Waals surface area contributed by atoms with Crippen molar-refractivity contribution in [3.8, 4) is 0 Å². The molecule has 1 N–H and O–H groups in total. The van der Waals surface area contributed by atoms with Crippen LogP contribution in [0.4, 0.5) is 5.69 Å². The van der Waals surface area contributed by atoms with Gasteiger partial charge in [-0.25, -0.2) is 0 Å². The van der Waals surface area contributed by atoms with Crippen molar-refractivity contribution >= 4 is 23.5 Å². The van der Waals surface area contributed by atoms with Gasteiger partial charge < -0.3 is 15.0 Å². The van der Waals surface area contributed by atoms with Gasteiger partial charge in [-0.3, -0.25) is 19.3 Å². The summed E-state index contributed by atoms with van der Waals surface area (Å²) < 4.78 is 5.08. The first-order valence-corrected chi connectivity index (χ1v) is 8.91. The van der Waals surface area contributed by atoms with E-state index in [-0.39, 0.29) is 30.2 Å². The third kappa shape index (κ3) is 5.56. The molecule has 1 aliphatic rings. The van der Waals surface area contributed by atoms with Crippen molar-refractivity contribution in [1.82, 2.24) is 9.80 Å². The van der Waals surface area contributed by atoms with Crippen LogP contribution in [0.3, 0.4) is 0 Å². The maximum absolute atomic E-state index is 12.3. The number of benzene rings is 1. The summed E-state index contributed by atoms with van der Waals surface area (Å²) in [7, 11) is 3.39. The Morgan fingerprint density at radius 2 is 1.92 bits per heavy atom. The Morgan fingerprint density at radius 1 is 1.23 bits per heavy atom.